The molecule has 0 aliphatic carbocycles. The van der Waals surface area contributed by atoms with Crippen molar-refractivity contribution in [1.82, 2.24) is 4.90 Å². The van der Waals surface area contributed by atoms with Crippen LogP contribution >= 0.6 is 11.6 Å². The number of ether oxygens (including phenoxy) is 4. The number of methoxy groups -OCH3 is 1. The molecule has 0 unspecified atom stereocenters. The van der Waals surface area contributed by atoms with Crippen LogP contribution in [0, 0.1) is 0 Å². The molecule has 0 saturated heterocycles. The lowest BCUT2D eigenvalue weighted by Crippen LogP contribution is -2.37. The van der Waals surface area contributed by atoms with Crippen molar-refractivity contribution in [3.05, 3.63) is 40.9 Å². The number of anilines is 1. The van der Waals surface area contributed by atoms with Crippen LogP contribution in [-0.4, -0.2) is 62.6 Å². The van der Waals surface area contributed by atoms with Crippen molar-refractivity contribution in [3.63, 3.8) is 0 Å². The Bertz CT molecular complexity index is 1060. The lowest BCUT2D eigenvalue weighted by Gasteiger charge is -2.22. The van der Waals surface area contributed by atoms with E-state index < -0.39 is 18.4 Å². The average Bonchev–Trinajstić information content (AvgIpc) is 2.80. The van der Waals surface area contributed by atoms with E-state index in [1.54, 1.807) is 25.1 Å². The number of carbonyl (C=O) groups is 3. The van der Waals surface area contributed by atoms with Crippen LogP contribution in [0.5, 0.6) is 23.0 Å². The van der Waals surface area contributed by atoms with E-state index in [1.165, 1.54) is 24.1 Å². The lowest BCUT2D eigenvalue weighted by molar-refractivity contribution is -0.120. The Hall–Kier alpha value is -3.66. The quantitative estimate of drug-likeness (QED) is 0.565. The molecule has 1 heterocycles. The standard InChI is InChI=1S/C22H24ClN3O7/c1-3-26(11-20(28)25-14-4-5-16-17(10-14)32-7-6-31-16)22(29)13-8-15(23)21(18(9-13)30-2)33-12-19(24)27/h4-5,8-10H,3,6-7,11-12H2,1-2H3,(H2,24,27)(H,25,28). The molecule has 176 valence electrons. The Morgan fingerprint density at radius 1 is 1.15 bits per heavy atom. The molecular formula is C22H24ClN3O7. The molecule has 3 amide bonds. The molecule has 2 aromatic rings. The van der Waals surface area contributed by atoms with Crippen LogP contribution in [-0.2, 0) is 9.59 Å². The Kier molecular flexibility index (Phi) is 7.83. The normalized spacial score (nSPS) is 12.0. The van der Waals surface area contributed by atoms with E-state index in [0.717, 1.165) is 0 Å². The van der Waals surface area contributed by atoms with Crippen LogP contribution in [0.2, 0.25) is 5.02 Å². The van der Waals surface area contributed by atoms with Gasteiger partial charge in [0.15, 0.2) is 29.6 Å². The monoisotopic (exact) mass is 477 g/mol. The third-order valence-electron chi connectivity index (χ3n) is 4.66. The third-order valence-corrected chi connectivity index (χ3v) is 4.95. The number of carbonyl (C=O) groups excluding carboxylic acids is 3. The minimum atomic E-state index is -0.686. The van der Waals surface area contributed by atoms with Crippen LogP contribution in [0.3, 0.4) is 0 Å². The van der Waals surface area contributed by atoms with E-state index in [-0.39, 0.29) is 41.1 Å². The maximum Gasteiger partial charge on any atom is 0.255 e. The van der Waals surface area contributed by atoms with Gasteiger partial charge >= 0.3 is 0 Å². The fraction of sp³-hybridized carbons (Fsp3) is 0.318. The molecule has 3 N–H and O–H groups in total. The number of rotatable bonds is 9. The van der Waals surface area contributed by atoms with Gasteiger partial charge in [0.1, 0.15) is 19.8 Å². The van der Waals surface area contributed by atoms with Gasteiger partial charge in [0.25, 0.3) is 11.8 Å². The summed E-state index contributed by atoms with van der Waals surface area (Å²) in [5.41, 5.74) is 5.81. The molecule has 0 bridgehead atoms. The number of nitrogens with two attached hydrogens (primary N) is 1. The molecule has 33 heavy (non-hydrogen) atoms. The van der Waals surface area contributed by atoms with Gasteiger partial charge in [0.2, 0.25) is 5.91 Å². The van der Waals surface area contributed by atoms with E-state index in [0.29, 0.717) is 30.4 Å². The maximum atomic E-state index is 13.0. The van der Waals surface area contributed by atoms with Crippen molar-refractivity contribution in [3.8, 4) is 23.0 Å². The molecule has 0 spiro atoms. The number of nitrogens with one attached hydrogen (secondary N) is 1. The summed E-state index contributed by atoms with van der Waals surface area (Å²) in [5.74, 6) is -0.105. The van der Waals surface area contributed by atoms with Crippen LogP contribution in [0.15, 0.2) is 30.3 Å². The predicted octanol–water partition coefficient (Wildman–Crippen LogP) is 2.08. The highest BCUT2D eigenvalue weighted by Crippen LogP contribution is 2.37. The summed E-state index contributed by atoms with van der Waals surface area (Å²) in [6.45, 7) is 2.33. The van der Waals surface area contributed by atoms with Gasteiger partial charge in [-0.05, 0) is 31.2 Å². The summed E-state index contributed by atoms with van der Waals surface area (Å²) in [4.78, 5) is 38.0. The smallest absolute Gasteiger partial charge is 0.255 e. The molecule has 0 fully saturated rings. The molecule has 0 radical (unpaired) electrons. The molecule has 0 saturated carbocycles. The first-order valence-corrected chi connectivity index (χ1v) is 10.5. The largest absolute Gasteiger partial charge is 0.493 e. The molecule has 1 aliphatic rings. The Morgan fingerprint density at radius 2 is 1.88 bits per heavy atom. The van der Waals surface area contributed by atoms with Gasteiger partial charge in [0, 0.05) is 23.9 Å². The highest BCUT2D eigenvalue weighted by atomic mass is 35.5. The van der Waals surface area contributed by atoms with E-state index in [9.17, 15) is 14.4 Å². The van der Waals surface area contributed by atoms with Crippen molar-refractivity contribution in [1.29, 1.82) is 0 Å². The van der Waals surface area contributed by atoms with Gasteiger partial charge in [-0.25, -0.2) is 0 Å². The SMILES string of the molecule is CCN(CC(=O)Nc1ccc2c(c1)OCCO2)C(=O)c1cc(Cl)c(OCC(N)=O)c(OC)c1. The number of fused-ring (bicyclic) bond motifs is 1. The zero-order valence-electron chi connectivity index (χ0n) is 18.2. The molecule has 10 nitrogen and oxygen atoms in total. The molecule has 0 aromatic heterocycles. The molecule has 0 atom stereocenters. The van der Waals surface area contributed by atoms with Gasteiger partial charge in [-0.3, -0.25) is 14.4 Å². The number of benzene rings is 2. The number of hydrogen-bond donors (Lipinski definition) is 2. The van der Waals surface area contributed by atoms with E-state index >= 15 is 0 Å². The Balaban J connectivity index is 1.71. The highest BCUT2D eigenvalue weighted by molar-refractivity contribution is 6.32. The minimum absolute atomic E-state index is 0.0655. The number of hydrogen-bond acceptors (Lipinski definition) is 7. The Labute approximate surface area is 195 Å². The van der Waals surface area contributed by atoms with Crippen LogP contribution < -0.4 is 30.0 Å². The van der Waals surface area contributed by atoms with E-state index in [4.69, 9.17) is 36.3 Å². The van der Waals surface area contributed by atoms with E-state index in [1.807, 2.05) is 0 Å². The van der Waals surface area contributed by atoms with Gasteiger partial charge in [-0.1, -0.05) is 11.6 Å². The summed E-state index contributed by atoms with van der Waals surface area (Å²) in [6, 6.07) is 7.87. The topological polar surface area (TPSA) is 129 Å². The van der Waals surface area contributed by atoms with Gasteiger partial charge in [-0.2, -0.15) is 0 Å². The maximum absolute atomic E-state index is 13.0. The fourth-order valence-corrected chi connectivity index (χ4v) is 3.40. The number of likely N-dealkylation sites (N-methyl/N-ethyl adjacent to an activating group) is 1. The van der Waals surface area contributed by atoms with Crippen molar-refractivity contribution in [2.45, 2.75) is 6.92 Å². The second kappa shape index (κ2) is 10.8. The lowest BCUT2D eigenvalue weighted by atomic mass is 10.1. The zero-order chi connectivity index (χ0) is 24.0. The summed E-state index contributed by atoms with van der Waals surface area (Å²) in [5, 5.41) is 2.82. The predicted molar refractivity (Wildman–Crippen MR) is 120 cm³/mol. The number of primary amides is 1. The van der Waals surface area contributed by atoms with Crippen LogP contribution in [0.1, 0.15) is 17.3 Å². The van der Waals surface area contributed by atoms with Crippen molar-refractivity contribution in [2.75, 3.05) is 45.3 Å². The number of halogens is 1. The van der Waals surface area contributed by atoms with Gasteiger partial charge < -0.3 is 34.9 Å². The fourth-order valence-electron chi connectivity index (χ4n) is 3.13. The second-order valence-corrected chi connectivity index (χ2v) is 7.38. The molecule has 1 aliphatic heterocycles. The number of nitrogens with zero attached hydrogens (tertiary/aromatic N) is 1. The van der Waals surface area contributed by atoms with Crippen molar-refractivity contribution >= 4 is 35.0 Å². The van der Waals surface area contributed by atoms with Crippen molar-refractivity contribution < 1.29 is 33.3 Å². The van der Waals surface area contributed by atoms with E-state index in [2.05, 4.69) is 5.32 Å². The third kappa shape index (κ3) is 5.98. The van der Waals surface area contributed by atoms with Crippen molar-refractivity contribution in [2.24, 2.45) is 5.73 Å². The highest BCUT2D eigenvalue weighted by Gasteiger charge is 2.22. The zero-order valence-corrected chi connectivity index (χ0v) is 18.9. The first-order valence-electron chi connectivity index (χ1n) is 10.1. The average molecular weight is 478 g/mol. The summed E-state index contributed by atoms with van der Waals surface area (Å²) < 4.78 is 21.5. The first-order chi connectivity index (χ1) is 15.8. The molecule has 3 rings (SSSR count). The molecule has 2 aromatic carbocycles. The minimum Gasteiger partial charge on any atom is -0.493 e. The van der Waals surface area contributed by atoms with Gasteiger partial charge in [0.05, 0.1) is 12.1 Å². The summed E-state index contributed by atoms with van der Waals surface area (Å²) in [7, 11) is 1.37. The summed E-state index contributed by atoms with van der Waals surface area (Å²) >= 11 is 6.23. The molecular weight excluding hydrogens is 454 g/mol. The first kappa shape index (κ1) is 24.0. The second-order valence-electron chi connectivity index (χ2n) is 6.97. The number of amides is 3. The Morgan fingerprint density at radius 3 is 2.55 bits per heavy atom. The molecule has 11 heteroatoms. The van der Waals surface area contributed by atoms with Gasteiger partial charge in [-0.15, -0.1) is 0 Å². The van der Waals surface area contributed by atoms with Crippen LogP contribution in [0.25, 0.3) is 0 Å². The van der Waals surface area contributed by atoms with Crippen LogP contribution in [0.4, 0.5) is 5.69 Å². The summed E-state index contributed by atoms with van der Waals surface area (Å²) in [6.07, 6.45) is 0.